The van der Waals surface area contributed by atoms with Crippen LogP contribution in [-0.4, -0.2) is 41.3 Å². The molecule has 4 N–H and O–H groups in total. The number of nitrogens with one attached hydrogen (secondary N) is 2. The number of azo groups is 1. The number of benzene rings is 2. The lowest BCUT2D eigenvalue weighted by Crippen LogP contribution is -2.41. The van der Waals surface area contributed by atoms with Crippen LogP contribution in [0, 0.1) is 0 Å². The van der Waals surface area contributed by atoms with Crippen molar-refractivity contribution >= 4 is 28.9 Å². The first-order chi connectivity index (χ1) is 12.6. The van der Waals surface area contributed by atoms with Gasteiger partial charge >= 0.3 is 5.97 Å². The number of aliphatic hydroxyl groups excluding tert-OH is 1. The zero-order valence-electron chi connectivity index (χ0n) is 14.0. The van der Waals surface area contributed by atoms with Gasteiger partial charge in [-0.1, -0.05) is 18.2 Å². The van der Waals surface area contributed by atoms with Crippen LogP contribution in [0.2, 0.25) is 0 Å². The number of carboxylic acids is 1. The molecular weight excluding hydrogens is 336 g/mol. The molecular formula is C18H20N4O4. The Labute approximate surface area is 150 Å². The SMILES string of the molecule is O=C(CC(NCCO)C(=O)O)Nc1ccc(N=Nc2ccccc2)cc1. The maximum Gasteiger partial charge on any atom is 0.321 e. The number of amides is 1. The van der Waals surface area contributed by atoms with Gasteiger partial charge in [0.25, 0.3) is 0 Å². The van der Waals surface area contributed by atoms with E-state index in [2.05, 4.69) is 20.9 Å². The Bertz CT molecular complexity index is 748. The maximum atomic E-state index is 12.0. The summed E-state index contributed by atoms with van der Waals surface area (Å²) in [6, 6.07) is 15.0. The van der Waals surface area contributed by atoms with Crippen molar-refractivity contribution in [3.8, 4) is 0 Å². The molecule has 0 saturated carbocycles. The third-order valence-electron chi connectivity index (χ3n) is 3.38. The lowest BCUT2D eigenvalue weighted by atomic mass is 10.2. The van der Waals surface area contributed by atoms with Gasteiger partial charge < -0.3 is 20.8 Å². The largest absolute Gasteiger partial charge is 0.480 e. The number of hydrogen-bond acceptors (Lipinski definition) is 6. The Balaban J connectivity index is 1.90. The summed E-state index contributed by atoms with van der Waals surface area (Å²) in [7, 11) is 0. The number of carbonyl (C=O) groups is 2. The highest BCUT2D eigenvalue weighted by atomic mass is 16.4. The molecule has 0 bridgehead atoms. The fourth-order valence-electron chi connectivity index (χ4n) is 2.10. The first kappa shape index (κ1) is 19.2. The lowest BCUT2D eigenvalue weighted by Gasteiger charge is -2.13. The quantitative estimate of drug-likeness (QED) is 0.514. The standard InChI is InChI=1S/C18H20N4O4/c23-11-10-19-16(18(25)26)12-17(24)20-13-6-8-15(9-7-13)22-21-14-4-2-1-3-5-14/h1-9,16,19,23H,10-12H2,(H,20,24)(H,25,26). The zero-order chi connectivity index (χ0) is 18.8. The molecule has 136 valence electrons. The maximum absolute atomic E-state index is 12.0. The van der Waals surface area contributed by atoms with Crippen molar-refractivity contribution in [3.63, 3.8) is 0 Å². The summed E-state index contributed by atoms with van der Waals surface area (Å²) < 4.78 is 0. The van der Waals surface area contributed by atoms with Crippen LogP contribution in [0.3, 0.4) is 0 Å². The number of anilines is 1. The predicted molar refractivity (Wildman–Crippen MR) is 96.8 cm³/mol. The van der Waals surface area contributed by atoms with Crippen LogP contribution >= 0.6 is 0 Å². The van der Waals surface area contributed by atoms with Crippen molar-refractivity contribution in [2.75, 3.05) is 18.5 Å². The molecule has 0 saturated heterocycles. The minimum Gasteiger partial charge on any atom is -0.480 e. The van der Waals surface area contributed by atoms with Gasteiger partial charge in [-0.25, -0.2) is 0 Å². The van der Waals surface area contributed by atoms with Gasteiger partial charge in [-0.3, -0.25) is 9.59 Å². The lowest BCUT2D eigenvalue weighted by molar-refractivity contribution is -0.141. The Hall–Kier alpha value is -3.10. The summed E-state index contributed by atoms with van der Waals surface area (Å²) in [5, 5.41) is 31.2. The van der Waals surface area contributed by atoms with E-state index in [0.29, 0.717) is 11.4 Å². The van der Waals surface area contributed by atoms with E-state index in [4.69, 9.17) is 10.2 Å². The second-order valence-electron chi connectivity index (χ2n) is 5.40. The molecule has 0 aliphatic rings. The van der Waals surface area contributed by atoms with Crippen LogP contribution in [-0.2, 0) is 9.59 Å². The van der Waals surface area contributed by atoms with Gasteiger partial charge in [0.2, 0.25) is 5.91 Å². The van der Waals surface area contributed by atoms with Crippen LogP contribution in [0.4, 0.5) is 17.1 Å². The number of aliphatic hydroxyl groups is 1. The number of carbonyl (C=O) groups excluding carboxylic acids is 1. The molecule has 0 fully saturated rings. The Morgan fingerprint density at radius 3 is 2.15 bits per heavy atom. The van der Waals surface area contributed by atoms with Crippen molar-refractivity contribution in [2.45, 2.75) is 12.5 Å². The third kappa shape index (κ3) is 6.42. The monoisotopic (exact) mass is 356 g/mol. The van der Waals surface area contributed by atoms with Crippen molar-refractivity contribution in [1.29, 1.82) is 0 Å². The highest BCUT2D eigenvalue weighted by Crippen LogP contribution is 2.20. The van der Waals surface area contributed by atoms with E-state index >= 15 is 0 Å². The average molecular weight is 356 g/mol. The molecule has 0 aliphatic carbocycles. The molecule has 1 unspecified atom stereocenters. The molecule has 1 amide bonds. The number of carboxylic acid groups (broad SMARTS) is 1. The first-order valence-corrected chi connectivity index (χ1v) is 8.02. The summed E-state index contributed by atoms with van der Waals surface area (Å²) in [6.45, 7) is -0.101. The molecule has 8 heteroatoms. The number of hydrogen-bond donors (Lipinski definition) is 4. The normalized spacial score (nSPS) is 12.0. The van der Waals surface area contributed by atoms with Crippen LogP contribution in [0.15, 0.2) is 64.8 Å². The van der Waals surface area contributed by atoms with Crippen LogP contribution in [0.25, 0.3) is 0 Å². The van der Waals surface area contributed by atoms with Crippen LogP contribution < -0.4 is 10.6 Å². The molecule has 0 aliphatic heterocycles. The highest BCUT2D eigenvalue weighted by molar-refractivity contribution is 5.94. The first-order valence-electron chi connectivity index (χ1n) is 8.02. The molecule has 0 radical (unpaired) electrons. The second-order valence-corrected chi connectivity index (χ2v) is 5.40. The smallest absolute Gasteiger partial charge is 0.321 e. The minimum atomic E-state index is -1.15. The van der Waals surface area contributed by atoms with Gasteiger partial charge in [-0.2, -0.15) is 10.2 Å². The number of aliphatic carboxylic acids is 1. The zero-order valence-corrected chi connectivity index (χ0v) is 14.0. The summed E-state index contributed by atoms with van der Waals surface area (Å²) in [5.74, 6) is -1.59. The van der Waals surface area contributed by atoms with Crippen LogP contribution in [0.1, 0.15) is 6.42 Å². The molecule has 0 spiro atoms. The summed E-state index contributed by atoms with van der Waals surface area (Å²) in [5.41, 5.74) is 1.89. The summed E-state index contributed by atoms with van der Waals surface area (Å²) in [4.78, 5) is 23.0. The molecule has 8 nitrogen and oxygen atoms in total. The topological polar surface area (TPSA) is 123 Å². The molecule has 26 heavy (non-hydrogen) atoms. The fraction of sp³-hybridized carbons (Fsp3) is 0.222. The molecule has 0 heterocycles. The van der Waals surface area contributed by atoms with Crippen molar-refractivity contribution in [3.05, 3.63) is 54.6 Å². The van der Waals surface area contributed by atoms with Gasteiger partial charge in [-0.05, 0) is 36.4 Å². The highest BCUT2D eigenvalue weighted by Gasteiger charge is 2.20. The van der Waals surface area contributed by atoms with Crippen molar-refractivity contribution in [2.24, 2.45) is 10.2 Å². The number of rotatable bonds is 9. The molecule has 2 aromatic rings. The minimum absolute atomic E-state index is 0.103. The van der Waals surface area contributed by atoms with Gasteiger partial charge in [0, 0.05) is 12.2 Å². The molecule has 2 aromatic carbocycles. The van der Waals surface area contributed by atoms with E-state index in [1.807, 2.05) is 30.3 Å². The van der Waals surface area contributed by atoms with Crippen molar-refractivity contribution < 1.29 is 19.8 Å². The van der Waals surface area contributed by atoms with Crippen molar-refractivity contribution in [1.82, 2.24) is 5.32 Å². The van der Waals surface area contributed by atoms with E-state index in [9.17, 15) is 9.59 Å². The molecule has 2 rings (SSSR count). The van der Waals surface area contributed by atoms with Gasteiger partial charge in [0.05, 0.1) is 24.4 Å². The Morgan fingerprint density at radius 2 is 1.58 bits per heavy atom. The van der Waals surface area contributed by atoms with E-state index in [1.54, 1.807) is 24.3 Å². The van der Waals surface area contributed by atoms with Gasteiger partial charge in [0.1, 0.15) is 6.04 Å². The van der Waals surface area contributed by atoms with E-state index in [-0.39, 0.29) is 19.6 Å². The number of nitrogens with zero attached hydrogens (tertiary/aromatic N) is 2. The van der Waals surface area contributed by atoms with Gasteiger partial charge in [-0.15, -0.1) is 0 Å². The van der Waals surface area contributed by atoms with E-state index in [0.717, 1.165) is 5.69 Å². The Kier molecular flexibility index (Phi) is 7.41. The predicted octanol–water partition coefficient (Wildman–Crippen LogP) is 2.47. The summed E-state index contributed by atoms with van der Waals surface area (Å²) >= 11 is 0. The molecule has 0 aromatic heterocycles. The Morgan fingerprint density at radius 1 is 0.962 bits per heavy atom. The van der Waals surface area contributed by atoms with Gasteiger partial charge in [0.15, 0.2) is 0 Å². The summed E-state index contributed by atoms with van der Waals surface area (Å²) in [6.07, 6.45) is -0.245. The third-order valence-corrected chi connectivity index (χ3v) is 3.38. The van der Waals surface area contributed by atoms with E-state index in [1.165, 1.54) is 0 Å². The van der Waals surface area contributed by atoms with E-state index < -0.39 is 17.9 Å². The molecule has 1 atom stereocenters. The average Bonchev–Trinajstić information content (AvgIpc) is 2.65. The van der Waals surface area contributed by atoms with Crippen LogP contribution in [0.5, 0.6) is 0 Å². The second kappa shape index (κ2) is 10.0. The fourth-order valence-corrected chi connectivity index (χ4v) is 2.10.